The summed E-state index contributed by atoms with van der Waals surface area (Å²) in [5.41, 5.74) is 0. The summed E-state index contributed by atoms with van der Waals surface area (Å²) in [5, 5.41) is 0. The average molecular weight is 253 g/mol. The van der Waals surface area contributed by atoms with Gasteiger partial charge in [-0.1, -0.05) is 0 Å². The lowest BCUT2D eigenvalue weighted by Gasteiger charge is -2.30. The third-order valence-electron chi connectivity index (χ3n) is 2.77. The van der Waals surface area contributed by atoms with Crippen molar-refractivity contribution in [2.75, 3.05) is 26.8 Å². The summed E-state index contributed by atoms with van der Waals surface area (Å²) in [7, 11) is 1.29. The van der Waals surface area contributed by atoms with Crippen molar-refractivity contribution in [3.8, 4) is 0 Å². The van der Waals surface area contributed by atoms with Gasteiger partial charge in [-0.15, -0.1) is 0 Å². The zero-order valence-electron chi connectivity index (χ0n) is 10.3. The highest BCUT2D eigenvalue weighted by atomic mass is 16.6. The van der Waals surface area contributed by atoms with Gasteiger partial charge in [0.1, 0.15) is 5.76 Å². The number of carbonyl (C=O) groups is 2. The number of aryl methyl sites for hydroxylation is 1. The number of carbonyl (C=O) groups excluding carboxylic acids is 2. The second-order valence-electron chi connectivity index (χ2n) is 4.04. The van der Waals surface area contributed by atoms with E-state index in [0.717, 1.165) is 0 Å². The van der Waals surface area contributed by atoms with Crippen LogP contribution in [0, 0.1) is 6.92 Å². The van der Waals surface area contributed by atoms with E-state index in [9.17, 15) is 9.59 Å². The molecule has 0 bridgehead atoms. The van der Waals surface area contributed by atoms with Crippen LogP contribution in [0.1, 0.15) is 16.3 Å². The lowest BCUT2D eigenvalue weighted by molar-refractivity contribution is -0.158. The highest BCUT2D eigenvalue weighted by Crippen LogP contribution is 2.13. The first-order valence-corrected chi connectivity index (χ1v) is 5.67. The van der Waals surface area contributed by atoms with Crippen LogP contribution in [0.2, 0.25) is 0 Å². The predicted molar refractivity (Wildman–Crippen MR) is 61.1 cm³/mol. The van der Waals surface area contributed by atoms with Gasteiger partial charge in [-0.05, 0) is 19.1 Å². The minimum Gasteiger partial charge on any atom is -0.467 e. The van der Waals surface area contributed by atoms with Gasteiger partial charge < -0.3 is 18.8 Å². The molecule has 1 aliphatic rings. The molecule has 2 heterocycles. The van der Waals surface area contributed by atoms with Crippen LogP contribution in [-0.4, -0.2) is 49.7 Å². The van der Waals surface area contributed by atoms with Crippen LogP contribution in [-0.2, 0) is 14.3 Å². The van der Waals surface area contributed by atoms with Gasteiger partial charge in [0.05, 0.1) is 20.3 Å². The second-order valence-corrected chi connectivity index (χ2v) is 4.04. The molecule has 98 valence electrons. The molecule has 1 aliphatic heterocycles. The predicted octanol–water partition coefficient (Wildman–Crippen LogP) is 0.602. The van der Waals surface area contributed by atoms with Crippen molar-refractivity contribution >= 4 is 11.9 Å². The van der Waals surface area contributed by atoms with Crippen molar-refractivity contribution in [3.63, 3.8) is 0 Å². The van der Waals surface area contributed by atoms with E-state index in [1.807, 2.05) is 0 Å². The summed E-state index contributed by atoms with van der Waals surface area (Å²) >= 11 is 0. The fourth-order valence-corrected chi connectivity index (χ4v) is 1.81. The van der Waals surface area contributed by atoms with Crippen molar-refractivity contribution < 1.29 is 23.5 Å². The average Bonchev–Trinajstić information content (AvgIpc) is 2.83. The Morgan fingerprint density at radius 2 is 2.22 bits per heavy atom. The van der Waals surface area contributed by atoms with E-state index in [4.69, 9.17) is 9.15 Å². The first-order valence-electron chi connectivity index (χ1n) is 5.67. The summed E-state index contributed by atoms with van der Waals surface area (Å²) in [6.07, 6.45) is -0.719. The Labute approximate surface area is 104 Å². The van der Waals surface area contributed by atoms with Gasteiger partial charge in [0.2, 0.25) is 0 Å². The Morgan fingerprint density at radius 1 is 1.44 bits per heavy atom. The number of hydrogen-bond donors (Lipinski definition) is 0. The molecular formula is C12H15NO5. The molecule has 1 amide bonds. The van der Waals surface area contributed by atoms with Crippen LogP contribution in [0.15, 0.2) is 16.5 Å². The standard InChI is InChI=1S/C12H15NO5/c1-8-3-4-9(18-8)11(14)13-5-6-17-10(7-13)12(15)16-2/h3-4,10H,5-7H2,1-2H3. The quantitative estimate of drug-likeness (QED) is 0.722. The van der Waals surface area contributed by atoms with Crippen molar-refractivity contribution in [2.24, 2.45) is 0 Å². The summed E-state index contributed by atoms with van der Waals surface area (Å²) in [6, 6.07) is 3.35. The Kier molecular flexibility index (Phi) is 3.66. The number of hydrogen-bond acceptors (Lipinski definition) is 5. The smallest absolute Gasteiger partial charge is 0.336 e. The highest BCUT2D eigenvalue weighted by molar-refractivity contribution is 5.92. The fraction of sp³-hybridized carbons (Fsp3) is 0.500. The Morgan fingerprint density at radius 3 is 2.83 bits per heavy atom. The van der Waals surface area contributed by atoms with Gasteiger partial charge in [-0.3, -0.25) is 4.79 Å². The maximum Gasteiger partial charge on any atom is 0.336 e. The molecule has 0 saturated carbocycles. The monoisotopic (exact) mass is 253 g/mol. The summed E-state index contributed by atoms with van der Waals surface area (Å²) in [4.78, 5) is 25.0. The molecule has 6 heteroatoms. The van der Waals surface area contributed by atoms with Crippen LogP contribution in [0.3, 0.4) is 0 Å². The molecule has 1 unspecified atom stereocenters. The van der Waals surface area contributed by atoms with Gasteiger partial charge >= 0.3 is 5.97 Å². The van der Waals surface area contributed by atoms with Gasteiger partial charge in [0.15, 0.2) is 11.9 Å². The number of furan rings is 1. The lowest BCUT2D eigenvalue weighted by Crippen LogP contribution is -2.48. The number of ether oxygens (including phenoxy) is 2. The van der Waals surface area contributed by atoms with Gasteiger partial charge in [-0.25, -0.2) is 4.79 Å². The fourth-order valence-electron chi connectivity index (χ4n) is 1.81. The summed E-state index contributed by atoms with van der Waals surface area (Å²) in [5.74, 6) is 0.248. The number of morpholine rings is 1. The number of esters is 1. The van der Waals surface area contributed by atoms with Crippen molar-refractivity contribution in [3.05, 3.63) is 23.7 Å². The Hall–Kier alpha value is -1.82. The van der Waals surface area contributed by atoms with Crippen LogP contribution < -0.4 is 0 Å². The molecule has 0 spiro atoms. The number of nitrogens with zero attached hydrogens (tertiary/aromatic N) is 1. The molecule has 0 aromatic carbocycles. The molecule has 2 rings (SSSR count). The van der Waals surface area contributed by atoms with Crippen LogP contribution in [0.5, 0.6) is 0 Å². The van der Waals surface area contributed by atoms with Gasteiger partial charge in [0, 0.05) is 6.54 Å². The second kappa shape index (κ2) is 5.22. The third-order valence-corrected chi connectivity index (χ3v) is 2.77. The van der Waals surface area contributed by atoms with Crippen LogP contribution in [0.4, 0.5) is 0 Å². The molecule has 18 heavy (non-hydrogen) atoms. The Bertz CT molecular complexity index is 453. The molecule has 1 aromatic rings. The third kappa shape index (κ3) is 2.53. The van der Waals surface area contributed by atoms with E-state index in [1.54, 1.807) is 19.1 Å². The van der Waals surface area contributed by atoms with Gasteiger partial charge in [-0.2, -0.15) is 0 Å². The van der Waals surface area contributed by atoms with Crippen molar-refractivity contribution in [2.45, 2.75) is 13.0 Å². The highest BCUT2D eigenvalue weighted by Gasteiger charge is 2.31. The minimum absolute atomic E-state index is 0.186. The van der Waals surface area contributed by atoms with E-state index >= 15 is 0 Å². The zero-order chi connectivity index (χ0) is 13.1. The maximum absolute atomic E-state index is 12.1. The number of rotatable bonds is 2. The number of methoxy groups -OCH3 is 1. The molecule has 0 N–H and O–H groups in total. The molecule has 6 nitrogen and oxygen atoms in total. The molecule has 1 saturated heterocycles. The van der Waals surface area contributed by atoms with Crippen molar-refractivity contribution in [1.29, 1.82) is 0 Å². The molecule has 0 aliphatic carbocycles. The first-order chi connectivity index (χ1) is 8.61. The minimum atomic E-state index is -0.719. The molecule has 1 atom stereocenters. The largest absolute Gasteiger partial charge is 0.467 e. The first kappa shape index (κ1) is 12.6. The van der Waals surface area contributed by atoms with Crippen LogP contribution >= 0.6 is 0 Å². The SMILES string of the molecule is COC(=O)C1CN(C(=O)c2ccc(C)o2)CCO1. The molecule has 1 aromatic heterocycles. The van der Waals surface area contributed by atoms with Crippen LogP contribution in [0.25, 0.3) is 0 Å². The van der Waals surface area contributed by atoms with E-state index < -0.39 is 12.1 Å². The summed E-state index contributed by atoms with van der Waals surface area (Å²) in [6.45, 7) is 2.70. The topological polar surface area (TPSA) is 69.0 Å². The number of amides is 1. The zero-order valence-corrected chi connectivity index (χ0v) is 10.3. The summed E-state index contributed by atoms with van der Waals surface area (Å²) < 4.78 is 15.1. The van der Waals surface area contributed by atoms with Crippen molar-refractivity contribution in [1.82, 2.24) is 4.90 Å². The molecule has 1 fully saturated rings. The molecular weight excluding hydrogens is 238 g/mol. The van der Waals surface area contributed by atoms with Gasteiger partial charge in [0.25, 0.3) is 5.91 Å². The van der Waals surface area contributed by atoms with E-state index in [0.29, 0.717) is 18.9 Å². The maximum atomic E-state index is 12.1. The van der Waals surface area contributed by atoms with E-state index in [1.165, 1.54) is 12.0 Å². The van der Waals surface area contributed by atoms with E-state index in [2.05, 4.69) is 4.74 Å². The lowest BCUT2D eigenvalue weighted by atomic mass is 10.2. The Balaban J connectivity index is 2.05. The molecule has 0 radical (unpaired) electrons. The normalized spacial score (nSPS) is 19.7. The van der Waals surface area contributed by atoms with E-state index in [-0.39, 0.29) is 18.2 Å².